The molecule has 10 heteroatoms. The number of aryl methyl sites for hydroxylation is 2. The number of nitrogens with zero attached hydrogens (tertiary/aromatic N) is 3. The second-order valence-corrected chi connectivity index (χ2v) is 11.5. The first-order valence-corrected chi connectivity index (χ1v) is 14.3. The van der Waals surface area contributed by atoms with E-state index in [-0.39, 0.29) is 25.0 Å². The second kappa shape index (κ2) is 13.5. The van der Waals surface area contributed by atoms with Gasteiger partial charge in [0.15, 0.2) is 9.84 Å². The van der Waals surface area contributed by atoms with E-state index in [2.05, 4.69) is 15.1 Å². The maximum Gasteiger partial charge on any atom is 0.248 e. The Morgan fingerprint density at radius 1 is 0.943 bits per heavy atom. The van der Waals surface area contributed by atoms with Crippen molar-refractivity contribution < 1.29 is 22.7 Å². The number of ether oxygens (including phenoxy) is 2. The molecule has 0 aromatic heterocycles. The molecule has 1 amide bonds. The number of hydrogen-bond acceptors (Lipinski definition) is 8. The highest BCUT2D eigenvalue weighted by atomic mass is 32.2. The lowest BCUT2D eigenvalue weighted by Gasteiger charge is -2.36. The van der Waals surface area contributed by atoms with E-state index in [9.17, 15) is 13.2 Å². The van der Waals surface area contributed by atoms with Gasteiger partial charge in [0.25, 0.3) is 0 Å². The molecule has 0 atom stereocenters. The van der Waals surface area contributed by atoms with Crippen LogP contribution in [0.1, 0.15) is 30.4 Å². The zero-order valence-electron chi connectivity index (χ0n) is 21.6. The zero-order chi connectivity index (χ0) is 25.3. The van der Waals surface area contributed by atoms with Crippen LogP contribution in [-0.4, -0.2) is 114 Å². The van der Waals surface area contributed by atoms with Gasteiger partial charge in [-0.1, -0.05) is 6.42 Å². The summed E-state index contributed by atoms with van der Waals surface area (Å²) in [6, 6.07) is 3.45. The Balaban J connectivity index is 1.29. The van der Waals surface area contributed by atoms with Crippen molar-refractivity contribution in [2.24, 2.45) is 0 Å². The number of likely N-dealkylation sites (tertiary alicyclic amines) is 1. The fraction of sp³-hybridized carbons (Fsp3) is 0.720. The van der Waals surface area contributed by atoms with E-state index in [0.29, 0.717) is 28.3 Å². The molecule has 0 saturated carbocycles. The predicted molar refractivity (Wildman–Crippen MR) is 137 cm³/mol. The molecule has 9 nitrogen and oxygen atoms in total. The van der Waals surface area contributed by atoms with Crippen LogP contribution in [0.3, 0.4) is 0 Å². The number of sulfone groups is 1. The minimum absolute atomic E-state index is 0.00205. The smallest absolute Gasteiger partial charge is 0.248 e. The number of carbonyl (C=O) groups excluding carboxylic acids is 1. The molecule has 1 aromatic rings. The summed E-state index contributed by atoms with van der Waals surface area (Å²) in [5.41, 5.74) is 1.33. The lowest BCUT2D eigenvalue weighted by atomic mass is 10.1. The molecule has 2 aliphatic heterocycles. The number of amides is 1. The summed E-state index contributed by atoms with van der Waals surface area (Å²) in [4.78, 5) is 19.6. The van der Waals surface area contributed by atoms with Gasteiger partial charge in [-0.25, -0.2) is 8.42 Å². The van der Waals surface area contributed by atoms with Crippen molar-refractivity contribution in [3.05, 3.63) is 23.3 Å². The highest BCUT2D eigenvalue weighted by molar-refractivity contribution is 7.91. The molecule has 3 rings (SSSR count). The lowest BCUT2D eigenvalue weighted by molar-refractivity contribution is -0.137. The molecular weight excluding hydrogens is 468 g/mol. The maximum absolute atomic E-state index is 12.8. The standard InChI is InChI=1S/C25H42N4O5S/c1-21-17-23(33-3)18-22(2)25(21)35(31,32)20-26-7-16-34-19-24(30)29-14-12-28(13-15-29)11-10-27-8-5-4-6-9-27/h17-18,26H,4-16,19-20H2,1-3H3. The number of nitrogens with one attached hydrogen (secondary N) is 1. The minimum atomic E-state index is -3.49. The van der Waals surface area contributed by atoms with Gasteiger partial charge in [0, 0.05) is 45.8 Å². The Bertz CT molecular complexity index is 903. The van der Waals surface area contributed by atoms with Gasteiger partial charge < -0.3 is 24.6 Å². The molecule has 0 unspecified atom stereocenters. The van der Waals surface area contributed by atoms with Gasteiger partial charge in [-0.15, -0.1) is 0 Å². The van der Waals surface area contributed by atoms with Gasteiger partial charge in [0.2, 0.25) is 5.91 Å². The fourth-order valence-electron chi connectivity index (χ4n) is 4.88. The first-order chi connectivity index (χ1) is 16.8. The summed E-state index contributed by atoms with van der Waals surface area (Å²) < 4.78 is 36.3. The summed E-state index contributed by atoms with van der Waals surface area (Å²) in [6.45, 7) is 12.1. The van der Waals surface area contributed by atoms with Gasteiger partial charge in [-0.2, -0.15) is 0 Å². The van der Waals surface area contributed by atoms with Gasteiger partial charge >= 0.3 is 0 Å². The summed E-state index contributed by atoms with van der Waals surface area (Å²) in [5, 5.41) is 2.93. The zero-order valence-corrected chi connectivity index (χ0v) is 22.4. The van der Waals surface area contributed by atoms with E-state index in [4.69, 9.17) is 9.47 Å². The number of piperidine rings is 1. The molecule has 0 radical (unpaired) electrons. The number of benzene rings is 1. The topological polar surface area (TPSA) is 91.4 Å². The molecule has 0 aliphatic carbocycles. The quantitative estimate of drug-likeness (QED) is 0.421. The first kappa shape index (κ1) is 27.9. The fourth-order valence-corrected chi connectivity index (χ4v) is 6.54. The summed E-state index contributed by atoms with van der Waals surface area (Å²) in [7, 11) is -1.93. The van der Waals surface area contributed by atoms with Crippen molar-refractivity contribution in [1.29, 1.82) is 0 Å². The number of piperazine rings is 1. The van der Waals surface area contributed by atoms with E-state index in [0.717, 1.165) is 39.3 Å². The summed E-state index contributed by atoms with van der Waals surface area (Å²) in [6.07, 6.45) is 3.99. The highest BCUT2D eigenvalue weighted by Gasteiger charge is 2.22. The van der Waals surface area contributed by atoms with Crippen LogP contribution in [0.25, 0.3) is 0 Å². The molecule has 2 heterocycles. The Morgan fingerprint density at radius 3 is 2.14 bits per heavy atom. The Morgan fingerprint density at radius 2 is 1.54 bits per heavy atom. The monoisotopic (exact) mass is 510 g/mol. The van der Waals surface area contributed by atoms with E-state index < -0.39 is 9.84 Å². The molecule has 0 bridgehead atoms. The number of carbonyl (C=O) groups is 1. The van der Waals surface area contributed by atoms with E-state index in [1.165, 1.54) is 32.4 Å². The van der Waals surface area contributed by atoms with E-state index in [1.807, 2.05) is 4.90 Å². The van der Waals surface area contributed by atoms with Crippen LogP contribution >= 0.6 is 0 Å². The van der Waals surface area contributed by atoms with Gasteiger partial charge in [-0.05, 0) is 63.0 Å². The summed E-state index contributed by atoms with van der Waals surface area (Å²) in [5.74, 6) is 0.458. The van der Waals surface area contributed by atoms with Crippen molar-refractivity contribution >= 4 is 15.7 Å². The van der Waals surface area contributed by atoms with Crippen molar-refractivity contribution in [3.8, 4) is 5.75 Å². The molecule has 35 heavy (non-hydrogen) atoms. The normalized spacial score (nSPS) is 18.1. The average molecular weight is 511 g/mol. The van der Waals surface area contributed by atoms with Gasteiger partial charge in [-0.3, -0.25) is 9.69 Å². The molecule has 2 aliphatic rings. The van der Waals surface area contributed by atoms with Crippen LogP contribution in [-0.2, 0) is 19.4 Å². The van der Waals surface area contributed by atoms with Crippen LogP contribution in [0, 0.1) is 13.8 Å². The maximum atomic E-state index is 12.8. The molecule has 0 spiro atoms. The Labute approximate surface area is 210 Å². The molecule has 2 fully saturated rings. The number of methoxy groups -OCH3 is 1. The third-order valence-corrected chi connectivity index (χ3v) is 8.68. The molecule has 198 valence electrons. The lowest BCUT2D eigenvalue weighted by Crippen LogP contribution is -2.51. The SMILES string of the molecule is COc1cc(C)c(S(=O)(=O)CNCCOCC(=O)N2CCN(CCN3CCCCC3)CC2)c(C)c1. The largest absolute Gasteiger partial charge is 0.497 e. The van der Waals surface area contributed by atoms with E-state index >= 15 is 0 Å². The van der Waals surface area contributed by atoms with Crippen molar-refractivity contribution in [2.45, 2.75) is 38.0 Å². The third kappa shape index (κ3) is 8.42. The van der Waals surface area contributed by atoms with Crippen LogP contribution in [0.15, 0.2) is 17.0 Å². The van der Waals surface area contributed by atoms with Crippen LogP contribution < -0.4 is 10.1 Å². The molecular formula is C25H42N4O5S. The van der Waals surface area contributed by atoms with Crippen LogP contribution in [0.5, 0.6) is 5.75 Å². The summed E-state index contributed by atoms with van der Waals surface area (Å²) >= 11 is 0. The Hall–Kier alpha value is -1.72. The predicted octanol–water partition coefficient (Wildman–Crippen LogP) is 1.28. The minimum Gasteiger partial charge on any atom is -0.497 e. The molecule has 1 aromatic carbocycles. The van der Waals surface area contributed by atoms with Crippen molar-refractivity contribution in [2.75, 3.05) is 85.1 Å². The van der Waals surface area contributed by atoms with Crippen molar-refractivity contribution in [1.82, 2.24) is 20.0 Å². The van der Waals surface area contributed by atoms with Crippen molar-refractivity contribution in [3.63, 3.8) is 0 Å². The molecule has 1 N–H and O–H groups in total. The number of rotatable bonds is 12. The highest BCUT2D eigenvalue weighted by Crippen LogP contribution is 2.26. The third-order valence-electron chi connectivity index (χ3n) is 6.83. The van der Waals surface area contributed by atoms with E-state index in [1.54, 1.807) is 33.1 Å². The van der Waals surface area contributed by atoms with Gasteiger partial charge in [0.05, 0.1) is 18.6 Å². The molecule has 2 saturated heterocycles. The first-order valence-electron chi connectivity index (χ1n) is 12.7. The van der Waals surface area contributed by atoms with Gasteiger partial charge in [0.1, 0.15) is 18.2 Å². The second-order valence-electron chi connectivity index (χ2n) is 9.53. The van der Waals surface area contributed by atoms with Crippen LogP contribution in [0.2, 0.25) is 0 Å². The number of hydrogen-bond donors (Lipinski definition) is 1. The Kier molecular flexibility index (Phi) is 10.8. The van der Waals surface area contributed by atoms with Crippen LogP contribution in [0.4, 0.5) is 0 Å². The average Bonchev–Trinajstić information content (AvgIpc) is 2.85.